The fourth-order valence-corrected chi connectivity index (χ4v) is 5.44. The third-order valence-electron chi connectivity index (χ3n) is 6.42. The summed E-state index contributed by atoms with van der Waals surface area (Å²) >= 11 is 1.50. The van der Waals surface area contributed by atoms with E-state index in [1.165, 1.54) is 16.2 Å². The number of carbonyl (C=O) groups is 2. The number of likely N-dealkylation sites (tertiary alicyclic amines) is 1. The van der Waals surface area contributed by atoms with Gasteiger partial charge in [-0.1, -0.05) is 42.5 Å². The second-order valence-corrected chi connectivity index (χ2v) is 9.24. The number of piperidine rings is 1. The van der Waals surface area contributed by atoms with Crippen LogP contribution in [0.5, 0.6) is 0 Å². The number of rotatable bonds is 4. The Balaban J connectivity index is 1.61. The summed E-state index contributed by atoms with van der Waals surface area (Å²) in [7, 11) is 4.09. The molecule has 158 valence electrons. The van der Waals surface area contributed by atoms with Gasteiger partial charge < -0.3 is 9.80 Å². The molecule has 3 heterocycles. The summed E-state index contributed by atoms with van der Waals surface area (Å²) in [5.41, 5.74) is 1.69. The summed E-state index contributed by atoms with van der Waals surface area (Å²) in [5, 5.41) is 3.87. The molecule has 0 atom stereocenters. The fourth-order valence-electron chi connectivity index (χ4n) is 4.68. The van der Waals surface area contributed by atoms with Crippen molar-refractivity contribution in [3.63, 3.8) is 0 Å². The van der Waals surface area contributed by atoms with Crippen molar-refractivity contribution < 1.29 is 9.59 Å². The first-order valence-corrected chi connectivity index (χ1v) is 11.5. The van der Waals surface area contributed by atoms with Crippen molar-refractivity contribution in [3.05, 3.63) is 70.6 Å². The van der Waals surface area contributed by atoms with Gasteiger partial charge in [0.05, 0.1) is 11.3 Å². The lowest BCUT2D eigenvalue weighted by molar-refractivity contribution is -0.120. The highest BCUT2D eigenvalue weighted by atomic mass is 32.1. The second-order valence-electron chi connectivity index (χ2n) is 8.29. The molecule has 3 aromatic rings. The summed E-state index contributed by atoms with van der Waals surface area (Å²) in [4.78, 5) is 34.1. The number of nitrogens with zero attached hydrogens (tertiary/aromatic N) is 3. The molecule has 1 aromatic heterocycles. The maximum absolute atomic E-state index is 13.8. The van der Waals surface area contributed by atoms with E-state index in [-0.39, 0.29) is 17.9 Å². The van der Waals surface area contributed by atoms with Gasteiger partial charge in [-0.3, -0.25) is 9.59 Å². The molecule has 2 amide bonds. The molecule has 5 nitrogen and oxygen atoms in total. The topological polar surface area (TPSA) is 43.9 Å². The van der Waals surface area contributed by atoms with E-state index >= 15 is 0 Å². The van der Waals surface area contributed by atoms with E-state index in [1.807, 2.05) is 67.0 Å². The van der Waals surface area contributed by atoms with E-state index in [9.17, 15) is 9.59 Å². The third kappa shape index (κ3) is 3.36. The van der Waals surface area contributed by atoms with Crippen molar-refractivity contribution in [2.45, 2.75) is 18.9 Å². The Morgan fingerprint density at radius 1 is 0.935 bits per heavy atom. The molecular formula is C25H25N3O2S. The normalized spacial score (nSPS) is 18.5. The summed E-state index contributed by atoms with van der Waals surface area (Å²) in [6, 6.07) is 17.7. The minimum Gasteiger partial charge on any atom is -0.366 e. The van der Waals surface area contributed by atoms with Gasteiger partial charge in [0.1, 0.15) is 5.70 Å². The Hall–Kier alpha value is -2.96. The number of hydrogen-bond donors (Lipinski definition) is 0. The zero-order valence-corrected chi connectivity index (χ0v) is 18.6. The largest absolute Gasteiger partial charge is 0.366 e. The van der Waals surface area contributed by atoms with Crippen LogP contribution in [0.1, 0.15) is 17.7 Å². The molecule has 0 spiro atoms. The van der Waals surface area contributed by atoms with Crippen molar-refractivity contribution in [2.24, 2.45) is 0 Å². The molecule has 5 rings (SSSR count). The molecule has 2 aliphatic heterocycles. The first-order valence-electron chi connectivity index (χ1n) is 10.6. The van der Waals surface area contributed by atoms with E-state index in [1.54, 1.807) is 0 Å². The highest BCUT2D eigenvalue weighted by Crippen LogP contribution is 2.39. The predicted octanol–water partition coefficient (Wildman–Crippen LogP) is 4.21. The minimum absolute atomic E-state index is 0.230. The zero-order valence-electron chi connectivity index (χ0n) is 17.7. The van der Waals surface area contributed by atoms with Gasteiger partial charge in [0, 0.05) is 23.4 Å². The molecule has 0 bridgehead atoms. The van der Waals surface area contributed by atoms with Gasteiger partial charge in [-0.2, -0.15) is 0 Å². The molecule has 1 fully saturated rings. The molecule has 0 radical (unpaired) electrons. The second kappa shape index (κ2) is 7.94. The highest BCUT2D eigenvalue weighted by molar-refractivity contribution is 7.11. The van der Waals surface area contributed by atoms with Crippen LogP contribution in [0.2, 0.25) is 0 Å². The average molecular weight is 432 g/mol. The number of imide groups is 1. The molecular weight excluding hydrogens is 406 g/mol. The Bertz CT molecular complexity index is 1170. The Morgan fingerprint density at radius 2 is 1.68 bits per heavy atom. The average Bonchev–Trinajstić information content (AvgIpc) is 3.39. The SMILES string of the molecule is CN1CCC(N(C)C2=C(c3cccs3)C(=O)N(c3cccc4ccccc34)C2=O)CC1. The number of likely N-dealkylation sites (N-methyl/N-ethyl adjacent to an activating group) is 1. The van der Waals surface area contributed by atoms with Gasteiger partial charge >= 0.3 is 0 Å². The number of anilines is 1. The van der Waals surface area contributed by atoms with Crippen LogP contribution >= 0.6 is 11.3 Å². The molecule has 2 aromatic carbocycles. The van der Waals surface area contributed by atoms with E-state index in [0.717, 1.165) is 41.6 Å². The highest BCUT2D eigenvalue weighted by Gasteiger charge is 2.44. The molecule has 31 heavy (non-hydrogen) atoms. The van der Waals surface area contributed by atoms with Crippen molar-refractivity contribution in [3.8, 4) is 0 Å². The lowest BCUT2D eigenvalue weighted by atomic mass is 10.0. The maximum atomic E-state index is 13.8. The number of benzene rings is 2. The van der Waals surface area contributed by atoms with Crippen molar-refractivity contribution in [1.82, 2.24) is 9.80 Å². The van der Waals surface area contributed by atoms with Crippen LogP contribution in [0.25, 0.3) is 16.3 Å². The van der Waals surface area contributed by atoms with Gasteiger partial charge in [0.2, 0.25) is 0 Å². The van der Waals surface area contributed by atoms with Crippen LogP contribution in [0.4, 0.5) is 5.69 Å². The number of amides is 2. The van der Waals surface area contributed by atoms with Gasteiger partial charge in [-0.25, -0.2) is 4.90 Å². The van der Waals surface area contributed by atoms with Gasteiger partial charge in [0.25, 0.3) is 11.8 Å². The van der Waals surface area contributed by atoms with Crippen molar-refractivity contribution in [1.29, 1.82) is 0 Å². The van der Waals surface area contributed by atoms with E-state index < -0.39 is 0 Å². The standard InChI is InChI=1S/C25H25N3O2S/c1-26-14-12-18(13-15-26)27(2)23-22(21-11-6-16-31-21)24(29)28(25(23)30)20-10-5-8-17-7-3-4-9-19(17)20/h3-11,16,18H,12-15H2,1-2H3. The molecule has 6 heteroatoms. The Kier molecular flexibility index (Phi) is 5.12. The Labute approximate surface area is 186 Å². The molecule has 2 aliphatic rings. The van der Waals surface area contributed by atoms with Crippen LogP contribution in [0, 0.1) is 0 Å². The van der Waals surface area contributed by atoms with Crippen LogP contribution < -0.4 is 4.90 Å². The summed E-state index contributed by atoms with van der Waals surface area (Å²) in [5.74, 6) is -0.468. The van der Waals surface area contributed by atoms with Gasteiger partial charge in [-0.15, -0.1) is 11.3 Å². The molecule has 1 saturated heterocycles. The number of thiophene rings is 1. The van der Waals surface area contributed by atoms with Crippen LogP contribution in [-0.4, -0.2) is 54.8 Å². The van der Waals surface area contributed by atoms with E-state index in [0.29, 0.717) is 17.0 Å². The minimum atomic E-state index is -0.237. The smallest absolute Gasteiger partial charge is 0.282 e. The first kappa shape index (κ1) is 20.0. The maximum Gasteiger partial charge on any atom is 0.282 e. The first-order chi connectivity index (χ1) is 15.1. The molecule has 0 saturated carbocycles. The zero-order chi connectivity index (χ0) is 21.5. The van der Waals surface area contributed by atoms with Crippen molar-refractivity contribution >= 4 is 45.2 Å². The lowest BCUT2D eigenvalue weighted by Gasteiger charge is -2.36. The van der Waals surface area contributed by atoms with Crippen LogP contribution in [0.3, 0.4) is 0 Å². The Morgan fingerprint density at radius 3 is 2.42 bits per heavy atom. The quantitative estimate of drug-likeness (QED) is 0.581. The molecule has 0 aliphatic carbocycles. The van der Waals surface area contributed by atoms with E-state index in [4.69, 9.17) is 0 Å². The third-order valence-corrected chi connectivity index (χ3v) is 7.31. The van der Waals surface area contributed by atoms with E-state index in [2.05, 4.69) is 16.8 Å². The summed E-state index contributed by atoms with van der Waals surface area (Å²) in [6.45, 7) is 1.98. The van der Waals surface area contributed by atoms with Gasteiger partial charge in [0.15, 0.2) is 0 Å². The monoisotopic (exact) mass is 431 g/mol. The predicted molar refractivity (Wildman–Crippen MR) is 126 cm³/mol. The van der Waals surface area contributed by atoms with Crippen molar-refractivity contribution in [2.75, 3.05) is 32.1 Å². The van der Waals surface area contributed by atoms with Crippen LogP contribution in [-0.2, 0) is 9.59 Å². The lowest BCUT2D eigenvalue weighted by Crippen LogP contribution is -2.43. The molecule has 0 N–H and O–H groups in total. The van der Waals surface area contributed by atoms with Gasteiger partial charge in [-0.05, 0) is 55.9 Å². The number of fused-ring (bicyclic) bond motifs is 1. The number of carbonyl (C=O) groups excluding carboxylic acids is 2. The fraction of sp³-hybridized carbons (Fsp3) is 0.280. The molecule has 0 unspecified atom stereocenters. The summed E-state index contributed by atoms with van der Waals surface area (Å²) in [6.07, 6.45) is 1.95. The summed E-state index contributed by atoms with van der Waals surface area (Å²) < 4.78 is 0. The van der Waals surface area contributed by atoms with Crippen LogP contribution in [0.15, 0.2) is 65.7 Å². The number of hydrogen-bond acceptors (Lipinski definition) is 5.